The number of nitrogens with one attached hydrogen (secondary N) is 1. The van der Waals surface area contributed by atoms with E-state index < -0.39 is 0 Å². The molecule has 57 heavy (non-hydrogen) atoms. The topological polar surface area (TPSA) is 29.3 Å². The molecule has 0 fully saturated rings. The molecule has 3 nitrogen and oxygen atoms in total. The van der Waals surface area contributed by atoms with Gasteiger partial charge in [0.05, 0.1) is 22.8 Å². The van der Waals surface area contributed by atoms with Crippen LogP contribution in [0.3, 0.4) is 0 Å². The summed E-state index contributed by atoms with van der Waals surface area (Å²) < 4.78 is 2.50. The Hall–Kier alpha value is -6.71. The first-order valence-electron chi connectivity index (χ1n) is 20.7. The second-order valence-electron chi connectivity index (χ2n) is 16.3. The number of aromatic nitrogens is 1. The van der Waals surface area contributed by atoms with Crippen LogP contribution in [0.15, 0.2) is 162 Å². The normalized spacial score (nSPS) is 18.9. The predicted molar refractivity (Wildman–Crippen MR) is 241 cm³/mol. The van der Waals surface area contributed by atoms with E-state index >= 15 is 0 Å². The summed E-state index contributed by atoms with van der Waals surface area (Å²) in [7, 11) is 0. The van der Waals surface area contributed by atoms with Crippen LogP contribution in [0.5, 0.6) is 0 Å². The Balaban J connectivity index is 1.19. The molecular weight excluding hydrogens is 691 g/mol. The van der Waals surface area contributed by atoms with Gasteiger partial charge in [0, 0.05) is 21.9 Å². The maximum Gasteiger partial charge on any atom is 0.209 e. The first kappa shape index (κ1) is 31.5. The minimum atomic E-state index is -0.0441. The second-order valence-corrected chi connectivity index (χ2v) is 16.3. The van der Waals surface area contributed by atoms with E-state index in [2.05, 4.69) is 162 Å². The third kappa shape index (κ3) is 4.46. The van der Waals surface area contributed by atoms with E-state index in [1.807, 2.05) is 0 Å². The third-order valence-corrected chi connectivity index (χ3v) is 13.2. The van der Waals surface area contributed by atoms with Gasteiger partial charge in [-0.1, -0.05) is 127 Å². The lowest BCUT2D eigenvalue weighted by Crippen LogP contribution is -2.43. The van der Waals surface area contributed by atoms with Crippen LogP contribution in [-0.4, -0.2) is 16.6 Å². The fourth-order valence-electron chi connectivity index (χ4n) is 10.7. The van der Waals surface area contributed by atoms with E-state index in [1.165, 1.54) is 110 Å². The molecule has 270 valence electrons. The first-order valence-corrected chi connectivity index (χ1v) is 20.7. The molecule has 1 atom stereocenters. The molecule has 0 saturated heterocycles. The number of benzene rings is 6. The summed E-state index contributed by atoms with van der Waals surface area (Å²) in [5.41, 5.74) is 19.0. The van der Waals surface area contributed by atoms with Gasteiger partial charge in [-0.05, 0) is 140 Å². The Kier molecular flexibility index (Phi) is 6.57. The van der Waals surface area contributed by atoms with Crippen molar-refractivity contribution in [1.29, 1.82) is 0 Å². The molecule has 5 aliphatic carbocycles. The monoisotopic (exact) mass is 729 g/mol. The van der Waals surface area contributed by atoms with Crippen molar-refractivity contribution in [3.63, 3.8) is 0 Å². The lowest BCUT2D eigenvalue weighted by molar-refractivity contribution is 0.815. The number of allylic oxidation sites excluding steroid dienone is 10. The van der Waals surface area contributed by atoms with E-state index in [1.54, 1.807) is 0 Å². The maximum atomic E-state index is 5.78. The predicted octanol–water partition coefficient (Wildman–Crippen LogP) is 13.5. The summed E-state index contributed by atoms with van der Waals surface area (Å²) in [6.45, 7) is 0. The van der Waals surface area contributed by atoms with Gasteiger partial charge in [-0.2, -0.15) is 0 Å². The maximum absolute atomic E-state index is 5.78. The van der Waals surface area contributed by atoms with E-state index in [0.29, 0.717) is 0 Å². The van der Waals surface area contributed by atoms with Gasteiger partial charge in [0.2, 0.25) is 5.96 Å². The highest BCUT2D eigenvalue weighted by atomic mass is 15.2. The Bertz CT molecular complexity index is 3240. The highest BCUT2D eigenvalue weighted by Gasteiger charge is 2.37. The van der Waals surface area contributed by atoms with E-state index in [9.17, 15) is 0 Å². The third-order valence-electron chi connectivity index (χ3n) is 13.2. The average Bonchev–Trinajstić information content (AvgIpc) is 3.75. The molecule has 13 rings (SSSR count). The van der Waals surface area contributed by atoms with Crippen molar-refractivity contribution < 1.29 is 0 Å². The smallest absolute Gasteiger partial charge is 0.209 e. The van der Waals surface area contributed by atoms with Crippen LogP contribution in [-0.2, 0) is 0 Å². The first-order chi connectivity index (χ1) is 28.3. The Morgan fingerprint density at radius 1 is 0.561 bits per heavy atom. The van der Waals surface area contributed by atoms with E-state index in [0.717, 1.165) is 50.2 Å². The van der Waals surface area contributed by atoms with Crippen molar-refractivity contribution in [2.75, 3.05) is 0 Å². The fraction of sp³-hybridized carbons (Fsp3) is 0.130. The Morgan fingerprint density at radius 3 is 1.88 bits per heavy atom. The summed E-state index contributed by atoms with van der Waals surface area (Å²) in [4.78, 5) is 5.78. The molecule has 0 bridgehead atoms. The van der Waals surface area contributed by atoms with Crippen LogP contribution >= 0.6 is 0 Å². The zero-order valence-corrected chi connectivity index (χ0v) is 31.6. The molecule has 1 N–H and O–H groups in total. The van der Waals surface area contributed by atoms with Crippen LogP contribution < -0.4 is 5.32 Å². The lowest BCUT2D eigenvalue weighted by Gasteiger charge is -2.30. The number of rotatable bonds is 3. The lowest BCUT2D eigenvalue weighted by atomic mass is 9.89. The number of nitrogens with zero attached hydrogens (tertiary/aromatic N) is 2. The minimum Gasteiger partial charge on any atom is -0.344 e. The van der Waals surface area contributed by atoms with Gasteiger partial charge in [0.25, 0.3) is 0 Å². The van der Waals surface area contributed by atoms with Crippen LogP contribution in [0.25, 0.3) is 88.0 Å². The average molecular weight is 730 g/mol. The fourth-order valence-corrected chi connectivity index (χ4v) is 10.7. The van der Waals surface area contributed by atoms with Crippen molar-refractivity contribution in [2.24, 2.45) is 4.99 Å². The molecule has 6 aliphatic rings. The van der Waals surface area contributed by atoms with Crippen molar-refractivity contribution in [3.8, 4) is 22.3 Å². The summed E-state index contributed by atoms with van der Waals surface area (Å²) >= 11 is 0. The molecule has 0 saturated carbocycles. The van der Waals surface area contributed by atoms with Crippen molar-refractivity contribution in [2.45, 2.75) is 44.6 Å². The molecule has 1 unspecified atom stereocenters. The summed E-state index contributed by atoms with van der Waals surface area (Å²) in [6.07, 6.45) is 27.4. The Labute approximate surface area is 331 Å². The van der Waals surface area contributed by atoms with Gasteiger partial charge in [-0.15, -0.1) is 0 Å². The summed E-state index contributed by atoms with van der Waals surface area (Å²) in [6, 6.07) is 37.1. The highest BCUT2D eigenvalue weighted by molar-refractivity contribution is 6.30. The largest absolute Gasteiger partial charge is 0.344 e. The molecule has 1 aromatic heterocycles. The van der Waals surface area contributed by atoms with Gasteiger partial charge in [-0.3, -0.25) is 4.57 Å². The van der Waals surface area contributed by atoms with Crippen LogP contribution in [0, 0.1) is 0 Å². The number of hydrogen-bond acceptors (Lipinski definition) is 2. The number of aliphatic imine (C=N–C) groups is 1. The SMILES string of the molecule is C1=CCCC(c2cc3c4c5c(cc(C6=CCCC=C6)cc5n(C5=NC6=C(c7cccc8cccc6c78)C(C6=CCCC=C6)N5)c4c2)-c2cccc4cccc-3c24)=C1. The molecular formula is C54H39N3. The standard InChI is InChI=1S/C54H39N3/c1-4-14-32(15-5-1)37-28-43-39-24-10-20-34-21-11-25-40(47(34)39)44-29-38(33-16-6-2-7-17-33)31-46-50(44)49(43)45(30-37)57(46)54-55-52(36-18-8-3-9-19-36)51-41-26-12-22-35-23-13-27-42(48(35)41)53(51)56-54/h1,4,6,8,10-14,16-31,52H,2-3,5,7,9,15H2,(H,55,56). The van der Waals surface area contributed by atoms with Crippen LogP contribution in [0.2, 0.25) is 0 Å². The highest BCUT2D eigenvalue weighted by Crippen LogP contribution is 2.52. The number of hydrogen-bond donors (Lipinski definition) is 1. The molecule has 6 aromatic carbocycles. The van der Waals surface area contributed by atoms with Crippen molar-refractivity contribution in [1.82, 2.24) is 9.88 Å². The van der Waals surface area contributed by atoms with Gasteiger partial charge < -0.3 is 5.32 Å². The zero-order chi connectivity index (χ0) is 37.2. The van der Waals surface area contributed by atoms with Gasteiger partial charge in [0.1, 0.15) is 0 Å². The van der Waals surface area contributed by atoms with Crippen molar-refractivity contribution >= 4 is 71.7 Å². The molecule has 1 aliphatic heterocycles. The molecule has 7 aromatic rings. The van der Waals surface area contributed by atoms with E-state index in [4.69, 9.17) is 4.99 Å². The quantitative estimate of drug-likeness (QED) is 0.193. The molecule has 2 heterocycles. The van der Waals surface area contributed by atoms with Crippen molar-refractivity contribution in [3.05, 3.63) is 180 Å². The van der Waals surface area contributed by atoms with Gasteiger partial charge >= 0.3 is 0 Å². The second kappa shape index (κ2) is 11.9. The molecule has 3 heteroatoms. The minimum absolute atomic E-state index is 0.0441. The van der Waals surface area contributed by atoms with E-state index in [-0.39, 0.29) is 6.04 Å². The van der Waals surface area contributed by atoms with Gasteiger partial charge in [-0.25, -0.2) is 4.99 Å². The van der Waals surface area contributed by atoms with Crippen LogP contribution in [0.1, 0.15) is 60.8 Å². The molecule has 0 radical (unpaired) electrons. The Morgan fingerprint density at radius 2 is 1.21 bits per heavy atom. The molecule has 0 amide bonds. The van der Waals surface area contributed by atoms with Gasteiger partial charge in [0.15, 0.2) is 0 Å². The number of fused-ring (bicyclic) bond motifs is 4. The van der Waals surface area contributed by atoms with Crippen LogP contribution in [0.4, 0.5) is 0 Å². The summed E-state index contributed by atoms with van der Waals surface area (Å²) in [5, 5.41) is 11.9. The molecule has 0 spiro atoms. The summed E-state index contributed by atoms with van der Waals surface area (Å²) in [5.74, 6) is 0.882. The zero-order valence-electron chi connectivity index (χ0n) is 31.6.